The molecule has 2 aromatic rings. The molecule has 3 rings (SSSR count). The molecule has 0 saturated carbocycles. The number of piperidine rings is 1. The number of amides is 1. The SMILES string of the molecule is COc1cc(COC2CCN(C(=O)c3ccc(Cl)cc3)CC2)cc(OC)c1OC. The standard InChI is InChI=1S/C22H26ClNO5/c1-26-19-12-15(13-20(27-2)21(19)28-3)14-29-18-8-10-24(11-9-18)22(25)16-4-6-17(23)7-5-16/h4-7,12-13,18H,8-11,14H2,1-3H3. The molecule has 7 heteroatoms. The van der Waals surface area contributed by atoms with Crippen molar-refractivity contribution in [3.63, 3.8) is 0 Å². The summed E-state index contributed by atoms with van der Waals surface area (Å²) in [6.45, 7) is 1.77. The zero-order valence-corrected chi connectivity index (χ0v) is 17.7. The van der Waals surface area contributed by atoms with E-state index in [1.807, 2.05) is 17.0 Å². The number of carbonyl (C=O) groups excluding carboxylic acids is 1. The zero-order valence-electron chi connectivity index (χ0n) is 16.9. The van der Waals surface area contributed by atoms with Crippen LogP contribution in [-0.2, 0) is 11.3 Å². The van der Waals surface area contributed by atoms with Gasteiger partial charge in [-0.15, -0.1) is 0 Å². The van der Waals surface area contributed by atoms with Gasteiger partial charge in [0.1, 0.15) is 0 Å². The van der Waals surface area contributed by atoms with Crippen LogP contribution in [0.4, 0.5) is 0 Å². The Kier molecular flexibility index (Phi) is 7.23. The first-order chi connectivity index (χ1) is 14.0. The van der Waals surface area contributed by atoms with Gasteiger partial charge in [0, 0.05) is 23.7 Å². The highest BCUT2D eigenvalue weighted by atomic mass is 35.5. The molecule has 1 amide bonds. The minimum atomic E-state index is 0.0322. The minimum Gasteiger partial charge on any atom is -0.493 e. The fraction of sp³-hybridized carbons (Fsp3) is 0.409. The molecule has 6 nitrogen and oxygen atoms in total. The van der Waals surface area contributed by atoms with Crippen LogP contribution in [0, 0.1) is 0 Å². The molecule has 0 N–H and O–H groups in total. The summed E-state index contributed by atoms with van der Waals surface area (Å²) in [5, 5.41) is 0.625. The quantitative estimate of drug-likeness (QED) is 0.673. The second kappa shape index (κ2) is 9.85. The van der Waals surface area contributed by atoms with Gasteiger partial charge in [0.05, 0.1) is 34.0 Å². The lowest BCUT2D eigenvalue weighted by Crippen LogP contribution is -2.40. The number of ether oxygens (including phenoxy) is 4. The number of rotatable bonds is 7. The molecule has 29 heavy (non-hydrogen) atoms. The van der Waals surface area contributed by atoms with E-state index in [9.17, 15) is 4.79 Å². The summed E-state index contributed by atoms with van der Waals surface area (Å²) in [7, 11) is 4.76. The molecule has 0 atom stereocenters. The van der Waals surface area contributed by atoms with Crippen LogP contribution < -0.4 is 14.2 Å². The lowest BCUT2D eigenvalue weighted by atomic mass is 10.1. The largest absolute Gasteiger partial charge is 0.493 e. The van der Waals surface area contributed by atoms with Gasteiger partial charge < -0.3 is 23.8 Å². The molecule has 2 aromatic carbocycles. The minimum absolute atomic E-state index is 0.0322. The van der Waals surface area contributed by atoms with E-state index in [-0.39, 0.29) is 12.0 Å². The fourth-order valence-corrected chi connectivity index (χ4v) is 3.56. The molecule has 0 radical (unpaired) electrons. The van der Waals surface area contributed by atoms with Gasteiger partial charge in [0.25, 0.3) is 5.91 Å². The lowest BCUT2D eigenvalue weighted by molar-refractivity contribution is -0.000504. The monoisotopic (exact) mass is 419 g/mol. The molecule has 0 bridgehead atoms. The van der Waals surface area contributed by atoms with Gasteiger partial charge in [-0.2, -0.15) is 0 Å². The second-order valence-corrected chi connectivity index (χ2v) is 7.28. The summed E-state index contributed by atoms with van der Waals surface area (Å²) in [6.07, 6.45) is 1.69. The second-order valence-electron chi connectivity index (χ2n) is 6.84. The first kappa shape index (κ1) is 21.3. The number of hydrogen-bond donors (Lipinski definition) is 0. The highest BCUT2D eigenvalue weighted by molar-refractivity contribution is 6.30. The van der Waals surface area contributed by atoms with E-state index in [1.54, 1.807) is 45.6 Å². The predicted molar refractivity (Wildman–Crippen MR) is 111 cm³/mol. The molecule has 1 aliphatic heterocycles. The van der Waals surface area contributed by atoms with E-state index in [1.165, 1.54) is 0 Å². The topological polar surface area (TPSA) is 57.2 Å². The molecule has 1 saturated heterocycles. The summed E-state index contributed by atoms with van der Waals surface area (Å²) in [5.41, 5.74) is 1.60. The van der Waals surface area contributed by atoms with Gasteiger partial charge in [0.15, 0.2) is 11.5 Å². The van der Waals surface area contributed by atoms with Crippen molar-refractivity contribution in [3.05, 3.63) is 52.5 Å². The molecule has 1 fully saturated rings. The van der Waals surface area contributed by atoms with Crippen molar-refractivity contribution in [1.82, 2.24) is 4.90 Å². The molecule has 1 aliphatic rings. The maximum atomic E-state index is 12.6. The fourth-order valence-electron chi connectivity index (χ4n) is 3.43. The lowest BCUT2D eigenvalue weighted by Gasteiger charge is -2.32. The predicted octanol–water partition coefficient (Wildman–Crippen LogP) is 4.19. The molecule has 0 spiro atoms. The van der Waals surface area contributed by atoms with Crippen LogP contribution in [0.2, 0.25) is 5.02 Å². The Labute approximate surface area is 176 Å². The highest BCUT2D eigenvalue weighted by Crippen LogP contribution is 2.38. The number of likely N-dealkylation sites (tertiary alicyclic amines) is 1. The molecule has 0 unspecified atom stereocenters. The van der Waals surface area contributed by atoms with E-state index in [0.29, 0.717) is 47.5 Å². The summed E-state index contributed by atoms with van der Waals surface area (Å²) in [6, 6.07) is 10.8. The first-order valence-electron chi connectivity index (χ1n) is 9.51. The van der Waals surface area contributed by atoms with Gasteiger partial charge in [-0.1, -0.05) is 11.6 Å². The van der Waals surface area contributed by atoms with E-state index in [2.05, 4.69) is 0 Å². The van der Waals surface area contributed by atoms with Crippen molar-refractivity contribution in [2.75, 3.05) is 34.4 Å². The average Bonchev–Trinajstić information content (AvgIpc) is 2.77. The van der Waals surface area contributed by atoms with Crippen molar-refractivity contribution >= 4 is 17.5 Å². The highest BCUT2D eigenvalue weighted by Gasteiger charge is 2.24. The van der Waals surface area contributed by atoms with Crippen LogP contribution in [-0.4, -0.2) is 51.3 Å². The van der Waals surface area contributed by atoms with Crippen molar-refractivity contribution in [2.45, 2.75) is 25.6 Å². The number of methoxy groups -OCH3 is 3. The van der Waals surface area contributed by atoms with Gasteiger partial charge >= 0.3 is 0 Å². The maximum Gasteiger partial charge on any atom is 0.253 e. The normalized spacial score (nSPS) is 14.6. The van der Waals surface area contributed by atoms with Gasteiger partial charge in [-0.05, 0) is 54.8 Å². The zero-order chi connectivity index (χ0) is 20.8. The molecular formula is C22H26ClNO5. The first-order valence-corrected chi connectivity index (χ1v) is 9.88. The molecule has 0 aromatic heterocycles. The number of carbonyl (C=O) groups is 1. The Morgan fingerprint density at radius 2 is 1.59 bits per heavy atom. The van der Waals surface area contributed by atoms with Gasteiger partial charge in [-0.3, -0.25) is 4.79 Å². The average molecular weight is 420 g/mol. The molecule has 0 aliphatic carbocycles. The van der Waals surface area contributed by atoms with E-state index in [4.69, 9.17) is 30.5 Å². The van der Waals surface area contributed by atoms with Crippen LogP contribution >= 0.6 is 11.6 Å². The van der Waals surface area contributed by atoms with Crippen LogP contribution in [0.5, 0.6) is 17.2 Å². The van der Waals surface area contributed by atoms with Gasteiger partial charge in [-0.25, -0.2) is 0 Å². The van der Waals surface area contributed by atoms with Crippen LogP contribution in [0.25, 0.3) is 0 Å². The van der Waals surface area contributed by atoms with Crippen LogP contribution in [0.15, 0.2) is 36.4 Å². The number of benzene rings is 2. The Bertz CT molecular complexity index is 807. The Balaban J connectivity index is 1.55. The summed E-state index contributed by atoms with van der Waals surface area (Å²) in [5.74, 6) is 1.81. The van der Waals surface area contributed by atoms with Crippen LogP contribution in [0.3, 0.4) is 0 Å². The molecule has 156 valence electrons. The van der Waals surface area contributed by atoms with Crippen LogP contribution in [0.1, 0.15) is 28.8 Å². The smallest absolute Gasteiger partial charge is 0.253 e. The third-order valence-corrected chi connectivity index (χ3v) is 5.28. The van der Waals surface area contributed by atoms with Crippen molar-refractivity contribution in [2.24, 2.45) is 0 Å². The molecule has 1 heterocycles. The number of nitrogens with zero attached hydrogens (tertiary/aromatic N) is 1. The number of hydrogen-bond acceptors (Lipinski definition) is 5. The number of halogens is 1. The van der Waals surface area contributed by atoms with Crippen molar-refractivity contribution in [3.8, 4) is 17.2 Å². The molecular weight excluding hydrogens is 394 g/mol. The summed E-state index contributed by atoms with van der Waals surface area (Å²) >= 11 is 5.90. The third-order valence-electron chi connectivity index (χ3n) is 5.03. The Morgan fingerprint density at radius 1 is 1.00 bits per heavy atom. The Morgan fingerprint density at radius 3 is 2.10 bits per heavy atom. The van der Waals surface area contributed by atoms with E-state index >= 15 is 0 Å². The summed E-state index contributed by atoms with van der Waals surface area (Å²) in [4.78, 5) is 14.5. The third kappa shape index (κ3) is 5.14. The van der Waals surface area contributed by atoms with E-state index in [0.717, 1.165) is 18.4 Å². The van der Waals surface area contributed by atoms with Crippen molar-refractivity contribution in [1.29, 1.82) is 0 Å². The van der Waals surface area contributed by atoms with Gasteiger partial charge in [0.2, 0.25) is 5.75 Å². The summed E-state index contributed by atoms with van der Waals surface area (Å²) < 4.78 is 22.2. The maximum absolute atomic E-state index is 12.6. The Hall–Kier alpha value is -2.44. The van der Waals surface area contributed by atoms with Crippen molar-refractivity contribution < 1.29 is 23.7 Å². The van der Waals surface area contributed by atoms with E-state index < -0.39 is 0 Å².